The summed E-state index contributed by atoms with van der Waals surface area (Å²) >= 11 is 0. The second-order valence-electron chi connectivity index (χ2n) is 10.9. The van der Waals surface area contributed by atoms with Gasteiger partial charge in [-0.15, -0.1) is 0 Å². The maximum atomic E-state index is 9.47. The lowest BCUT2D eigenvalue weighted by molar-refractivity contribution is 0.670. The summed E-state index contributed by atoms with van der Waals surface area (Å²) in [5.41, 5.74) is 4.62. The molecule has 1 heteroatoms. The fourth-order valence-electron chi connectivity index (χ4n) is 6.44. The number of rotatable bonds is 4. The number of furan rings is 1. The van der Waals surface area contributed by atoms with Gasteiger partial charge in [0, 0.05) is 16.3 Å². The minimum Gasteiger partial charge on any atom is -0.455 e. The Morgan fingerprint density at radius 1 is 0.378 bits per heavy atom. The van der Waals surface area contributed by atoms with Gasteiger partial charge in [-0.1, -0.05) is 151 Å². The molecular formula is C44H28O. The lowest BCUT2D eigenvalue weighted by Gasteiger charge is -2.20. The molecule has 9 aromatic rings. The van der Waals surface area contributed by atoms with Crippen molar-refractivity contribution in [2.24, 2.45) is 0 Å². The quantitative estimate of drug-likeness (QED) is 0.188. The Labute approximate surface area is 275 Å². The summed E-state index contributed by atoms with van der Waals surface area (Å²) in [4.78, 5) is 0. The fraction of sp³-hybridized carbons (Fsp3) is 0. The topological polar surface area (TPSA) is 13.1 Å². The van der Waals surface area contributed by atoms with Crippen LogP contribution in [-0.2, 0) is 0 Å². The van der Waals surface area contributed by atoms with E-state index in [-0.39, 0.29) is 51.6 Å². The molecule has 0 aliphatic carbocycles. The highest BCUT2D eigenvalue weighted by atomic mass is 16.3. The first-order valence-electron chi connectivity index (χ1n) is 19.6. The molecule has 0 fully saturated rings. The Hall–Kier alpha value is -5.92. The SMILES string of the molecule is [2H]c1cc2c(-c3cc(-c4ccccc4)c4oc5ccccc5c4c3)c3c([2H])c([2H])c([2H])c([2H])c3c(-c3c([2H])c([2H])c([2H])c([2H])c3-c3ccccc3)c2cc1[2H]. The van der Waals surface area contributed by atoms with E-state index in [9.17, 15) is 4.11 Å². The molecule has 0 bridgehead atoms. The molecule has 9 rings (SSSR count). The number of benzene rings is 8. The van der Waals surface area contributed by atoms with Crippen LogP contribution in [0.3, 0.4) is 0 Å². The van der Waals surface area contributed by atoms with Gasteiger partial charge in [0.1, 0.15) is 11.2 Å². The van der Waals surface area contributed by atoms with Crippen molar-refractivity contribution in [1.29, 1.82) is 0 Å². The molecule has 210 valence electrons. The first-order chi connectivity index (χ1) is 26.5. The Morgan fingerprint density at radius 3 is 1.69 bits per heavy atom. The molecular weight excluding hydrogens is 544 g/mol. The number of para-hydroxylation sites is 1. The van der Waals surface area contributed by atoms with Gasteiger partial charge >= 0.3 is 0 Å². The zero-order valence-electron chi connectivity index (χ0n) is 33.8. The highest BCUT2D eigenvalue weighted by molar-refractivity contribution is 6.23. The molecule has 1 nitrogen and oxygen atoms in total. The number of fused-ring (bicyclic) bond motifs is 5. The van der Waals surface area contributed by atoms with E-state index in [1.807, 2.05) is 66.7 Å². The maximum Gasteiger partial charge on any atom is 0.143 e. The largest absolute Gasteiger partial charge is 0.455 e. The van der Waals surface area contributed by atoms with E-state index in [4.69, 9.17) is 14.0 Å². The molecule has 45 heavy (non-hydrogen) atoms. The molecule has 8 aromatic carbocycles. The van der Waals surface area contributed by atoms with Crippen LogP contribution in [0, 0.1) is 0 Å². The van der Waals surface area contributed by atoms with Crippen LogP contribution in [0.25, 0.3) is 88.0 Å². The van der Waals surface area contributed by atoms with E-state index in [0.717, 1.165) is 21.9 Å². The van der Waals surface area contributed by atoms with Crippen molar-refractivity contribution in [3.63, 3.8) is 0 Å². The van der Waals surface area contributed by atoms with Crippen LogP contribution in [0.2, 0.25) is 0 Å². The van der Waals surface area contributed by atoms with Crippen molar-refractivity contribution in [1.82, 2.24) is 0 Å². The van der Waals surface area contributed by atoms with Crippen molar-refractivity contribution in [3.05, 3.63) is 170 Å². The Kier molecular flexibility index (Phi) is 4.01. The van der Waals surface area contributed by atoms with Crippen molar-refractivity contribution in [3.8, 4) is 44.5 Å². The summed E-state index contributed by atoms with van der Waals surface area (Å²) in [6.45, 7) is 0. The summed E-state index contributed by atoms with van der Waals surface area (Å²) in [6.07, 6.45) is 0. The summed E-state index contributed by atoms with van der Waals surface area (Å²) in [7, 11) is 0. The monoisotopic (exact) mass is 582 g/mol. The van der Waals surface area contributed by atoms with Gasteiger partial charge in [-0.05, 0) is 78.7 Å². The van der Waals surface area contributed by atoms with Crippen molar-refractivity contribution >= 4 is 43.5 Å². The molecule has 0 radical (unpaired) electrons. The van der Waals surface area contributed by atoms with Crippen molar-refractivity contribution < 1.29 is 18.1 Å². The average Bonchev–Trinajstić information content (AvgIpc) is 3.58. The highest BCUT2D eigenvalue weighted by Crippen LogP contribution is 2.48. The maximum absolute atomic E-state index is 9.47. The third-order valence-corrected chi connectivity index (χ3v) is 8.38. The van der Waals surface area contributed by atoms with E-state index >= 15 is 0 Å². The van der Waals surface area contributed by atoms with E-state index in [0.29, 0.717) is 38.6 Å². The molecule has 0 aliphatic heterocycles. The third kappa shape index (κ3) is 4.09. The van der Waals surface area contributed by atoms with Crippen LogP contribution in [0.1, 0.15) is 13.7 Å². The van der Waals surface area contributed by atoms with E-state index in [1.165, 1.54) is 12.1 Å². The average molecular weight is 583 g/mol. The summed E-state index contributed by atoms with van der Waals surface area (Å²) in [6, 6.07) is 29.1. The molecule has 0 saturated carbocycles. The molecule has 1 aromatic heterocycles. The normalized spacial score (nSPS) is 14.7. The van der Waals surface area contributed by atoms with E-state index < -0.39 is 36.3 Å². The van der Waals surface area contributed by atoms with Gasteiger partial charge in [-0.3, -0.25) is 0 Å². The van der Waals surface area contributed by atoms with Crippen LogP contribution in [0.4, 0.5) is 0 Å². The fourth-order valence-corrected chi connectivity index (χ4v) is 6.44. The van der Waals surface area contributed by atoms with Gasteiger partial charge in [0.15, 0.2) is 0 Å². The van der Waals surface area contributed by atoms with E-state index in [1.54, 1.807) is 30.3 Å². The smallest absolute Gasteiger partial charge is 0.143 e. The van der Waals surface area contributed by atoms with Crippen LogP contribution < -0.4 is 0 Å². The minimum atomic E-state index is -0.518. The Bertz CT molecular complexity index is 3080. The second kappa shape index (κ2) is 10.4. The minimum absolute atomic E-state index is 0.0298. The van der Waals surface area contributed by atoms with Crippen LogP contribution >= 0.6 is 0 Å². The van der Waals surface area contributed by atoms with Gasteiger partial charge in [0.05, 0.1) is 13.7 Å². The molecule has 0 aliphatic rings. The van der Waals surface area contributed by atoms with Crippen molar-refractivity contribution in [2.45, 2.75) is 0 Å². The van der Waals surface area contributed by atoms with Crippen molar-refractivity contribution in [2.75, 3.05) is 0 Å². The highest BCUT2D eigenvalue weighted by Gasteiger charge is 2.21. The van der Waals surface area contributed by atoms with Crippen LogP contribution in [0.5, 0.6) is 0 Å². The number of hydrogen-bond acceptors (Lipinski definition) is 1. The summed E-state index contributed by atoms with van der Waals surface area (Å²) in [5, 5.41) is 2.44. The lowest BCUT2D eigenvalue weighted by atomic mass is 9.83. The zero-order chi connectivity index (χ0) is 38.4. The first-order valence-corrected chi connectivity index (χ1v) is 14.6. The number of hydrogen-bond donors (Lipinski definition) is 0. The summed E-state index contributed by atoms with van der Waals surface area (Å²) < 4.78 is 96.7. The Morgan fingerprint density at radius 2 is 0.956 bits per heavy atom. The predicted molar refractivity (Wildman–Crippen MR) is 190 cm³/mol. The third-order valence-electron chi connectivity index (χ3n) is 8.38. The molecule has 0 unspecified atom stereocenters. The molecule has 0 spiro atoms. The van der Waals surface area contributed by atoms with Crippen LogP contribution in [0.15, 0.2) is 174 Å². The van der Waals surface area contributed by atoms with Gasteiger partial charge < -0.3 is 4.42 Å². The zero-order valence-corrected chi connectivity index (χ0v) is 23.8. The van der Waals surface area contributed by atoms with Crippen LogP contribution in [-0.4, -0.2) is 0 Å². The van der Waals surface area contributed by atoms with Gasteiger partial charge in [-0.2, -0.15) is 0 Å². The lowest BCUT2D eigenvalue weighted by Crippen LogP contribution is -1.93. The predicted octanol–water partition coefficient (Wildman–Crippen LogP) is 12.6. The van der Waals surface area contributed by atoms with Gasteiger partial charge in [0.2, 0.25) is 0 Å². The molecule has 0 N–H and O–H groups in total. The van der Waals surface area contributed by atoms with E-state index in [2.05, 4.69) is 0 Å². The molecule has 0 saturated heterocycles. The van der Waals surface area contributed by atoms with Gasteiger partial charge in [-0.25, -0.2) is 0 Å². The standard InChI is InChI=1S/C44H28O/c1-3-15-29(16-4-1)32-19-7-8-21-34(32)43-37-24-11-9-22-35(37)42(36-23-10-12-25-38(36)43)31-27-39(30-17-5-2-6-18-30)44-40(28-31)33-20-13-14-26-41(33)45-44/h1-28H/i7D,8D,9D,10D,11D,12D,19D,21D,22D,24D. The molecule has 1 heterocycles. The second-order valence-corrected chi connectivity index (χ2v) is 10.9. The molecule has 0 atom stereocenters. The summed E-state index contributed by atoms with van der Waals surface area (Å²) in [5.74, 6) is 0. The first kappa shape index (κ1) is 17.4. The van der Waals surface area contributed by atoms with Gasteiger partial charge in [0.25, 0.3) is 0 Å². The molecule has 0 amide bonds. The Balaban J connectivity index is 1.56.